The Morgan fingerprint density at radius 1 is 0.473 bits per heavy atom. The minimum absolute atomic E-state index is 0.00249. The third kappa shape index (κ3) is 48.0. The van der Waals surface area contributed by atoms with Crippen LogP contribution in [0.1, 0.15) is 246 Å². The Bertz CT molecular complexity index is 3750. The van der Waals surface area contributed by atoms with Crippen LogP contribution in [0.15, 0.2) is 34.1 Å². The van der Waals surface area contributed by atoms with Crippen LogP contribution < -0.4 is 22.3 Å². The van der Waals surface area contributed by atoms with Gasteiger partial charge in [-0.1, -0.05) is 181 Å². The summed E-state index contributed by atoms with van der Waals surface area (Å²) in [6, 6.07) is 2.71. The molecule has 2 aromatic heterocycles. The predicted octanol–water partition coefficient (Wildman–Crippen LogP) is 13.9. The van der Waals surface area contributed by atoms with Gasteiger partial charge in [0.05, 0.1) is 38.8 Å². The summed E-state index contributed by atoms with van der Waals surface area (Å²) >= 11 is 9.45. The van der Waals surface area contributed by atoms with Crippen molar-refractivity contribution in [1.82, 2.24) is 19.1 Å². The molecule has 6 N–H and O–H groups in total. The summed E-state index contributed by atoms with van der Waals surface area (Å²) in [5.74, 6) is -1.04. The van der Waals surface area contributed by atoms with Gasteiger partial charge in [-0.05, 0) is 51.7 Å². The number of aromatic nitrogens is 4. The number of aliphatic hydroxyl groups is 2. The maximum atomic E-state index is 13.7. The van der Waals surface area contributed by atoms with Crippen molar-refractivity contribution in [2.45, 2.75) is 288 Å². The fourth-order valence-electron chi connectivity index (χ4n) is 11.7. The lowest BCUT2D eigenvalue weighted by atomic mass is 10.0. The first-order valence-electron chi connectivity index (χ1n) is 38.0. The van der Waals surface area contributed by atoms with Gasteiger partial charge in [-0.3, -0.25) is 39.6 Å². The van der Waals surface area contributed by atoms with Crippen LogP contribution in [0.5, 0.6) is 0 Å². The van der Waals surface area contributed by atoms with Gasteiger partial charge in [-0.25, -0.2) is 22.7 Å². The average molecular weight is 1870 g/mol. The first-order valence-corrected chi connectivity index (χ1v) is 60.1. The SMILES string of the molecule is S=S=S=S=S=S=S=S=S=S=S=S=S=S=S.[C-]#[N+]CCCP(=O)(OCCCOCCCCCCCCCCCCCCCC)OC[C@H]1O[C@@H](n2ccc(NO)nc2=O)C(O)[C@H]1O.[C-]#[N+]CCCP(=O)(OCCCOCCCCCCCCCCCCCCCC)OC[C@H]1O[C@@H](n2ccc(NO)nc2=O)C2OC(C)(C)O[C@H]21. The number of fused-ring (bicyclic) bond motifs is 1. The fraction of sp³-hybridized carbons (Fsp3) is 0.851. The molecule has 0 aromatic carbocycles. The molecule has 5 rings (SSSR count). The molecule has 2 aromatic rings. The van der Waals surface area contributed by atoms with Gasteiger partial charge in [0.1, 0.15) is 36.6 Å². The number of nitrogens with one attached hydrogen (secondary N) is 2. The highest BCUT2D eigenvalue weighted by Gasteiger charge is 2.56. The number of ether oxygens (including phenoxy) is 6. The van der Waals surface area contributed by atoms with Gasteiger partial charge >= 0.3 is 26.6 Å². The second-order valence-electron chi connectivity index (χ2n) is 26.3. The number of hydrogen-bond donors (Lipinski definition) is 6. The monoisotopic (exact) mass is 1860 g/mol. The lowest BCUT2D eigenvalue weighted by Gasteiger charge is -2.26. The van der Waals surface area contributed by atoms with Gasteiger partial charge in [-0.2, -0.15) is 9.97 Å². The zero-order valence-electron chi connectivity index (χ0n) is 63.7. The molecule has 4 unspecified atom stereocenters. The van der Waals surface area contributed by atoms with Crippen molar-refractivity contribution in [1.29, 1.82) is 0 Å². The molecule has 0 aliphatic carbocycles. The summed E-state index contributed by atoms with van der Waals surface area (Å²) in [6.07, 6.45) is 33.2. The molecule has 634 valence electrons. The normalized spacial score (nSPS) is 19.7. The molecule has 3 aliphatic rings. The molecule has 3 saturated heterocycles. The van der Waals surface area contributed by atoms with E-state index in [1.54, 1.807) is 117 Å². The molecule has 0 saturated carbocycles. The van der Waals surface area contributed by atoms with Crippen molar-refractivity contribution in [2.24, 2.45) is 0 Å². The maximum absolute atomic E-state index is 13.7. The van der Waals surface area contributed by atoms with Crippen LogP contribution in [0.4, 0.5) is 11.6 Å². The molecule has 10 atom stereocenters. The Morgan fingerprint density at radius 3 is 1.17 bits per heavy atom. The van der Waals surface area contributed by atoms with Gasteiger partial charge in [-0.15, -0.1) is 0 Å². The van der Waals surface area contributed by atoms with E-state index in [1.165, 1.54) is 207 Å². The summed E-state index contributed by atoms with van der Waals surface area (Å²) in [7, 11) is 14.5. The Morgan fingerprint density at radius 2 is 0.809 bits per heavy atom. The highest BCUT2D eigenvalue weighted by Crippen LogP contribution is 2.52. The Kier molecular flexibility index (Phi) is 63.5. The molecule has 110 heavy (non-hydrogen) atoms. The van der Waals surface area contributed by atoms with Crippen LogP contribution in [0, 0.1) is 13.1 Å². The van der Waals surface area contributed by atoms with Gasteiger partial charge in [0.15, 0.2) is 29.9 Å². The number of hydrogen-bond acceptors (Lipinski definition) is 24. The number of nitrogens with zero attached hydrogens (tertiary/aromatic N) is 6. The van der Waals surface area contributed by atoms with E-state index in [0.29, 0.717) is 52.1 Å². The largest absolute Gasteiger partial charge is 0.387 e. The van der Waals surface area contributed by atoms with Crippen LogP contribution in [0.3, 0.4) is 0 Å². The average Bonchev–Trinajstić information content (AvgIpc) is 1.60. The number of rotatable bonds is 56. The van der Waals surface area contributed by atoms with Crippen molar-refractivity contribution >= 4 is 165 Å². The summed E-state index contributed by atoms with van der Waals surface area (Å²) in [5.41, 5.74) is 2.13. The third-order valence-electron chi connectivity index (χ3n) is 17.2. The number of aliphatic hydroxyl groups excluding tert-OH is 2. The standard InChI is InChI=1S/C35H61N4O9P.C32H57N4O9P.S15/c1-5-6-7-8-9-10-11-12-13-14-15-16-17-18-24-43-25-20-26-44-49(42,27-19-22-36-4)45-28-29-31-32(48-35(2,3)47-31)33(46-29)39-23-21-30(38-41)37-34(39)40;1-3-4-5-6-7-8-9-10-11-12-13-14-15-16-22-42-23-18-24-43-46(41,25-17-20-33-2)44-26-27-29(37)30(38)31(45-27)36-21-19-28(35-40)34-32(36)39;1-3-5-7-9-11-13-15-14-12-10-8-6-4-2/h21,23,29,31-33,41H,5-20,22,24-28H2,1-3H3,(H,37,38,40);19,21,27,29-31,37-38,40H,3-18,20,22-26H2,1H3,(H,34,35,39);/t29-,31+,32?,33-,49?;27-,29+,30?,31-,46?;/m11./s1. The minimum atomic E-state index is -3.64. The lowest BCUT2D eigenvalue weighted by Crippen LogP contribution is -2.36. The molecule has 3 aliphatic heterocycles. The molecular weight excluding hydrogens is 1750 g/mol. The molecular formula is C67H118N8O18P2S15. The van der Waals surface area contributed by atoms with Crippen LogP contribution >= 0.6 is 15.2 Å². The van der Waals surface area contributed by atoms with E-state index in [9.17, 15) is 28.9 Å². The van der Waals surface area contributed by atoms with Gasteiger partial charge < -0.3 is 66.4 Å². The van der Waals surface area contributed by atoms with E-state index >= 15 is 0 Å². The molecule has 43 heteroatoms. The summed E-state index contributed by atoms with van der Waals surface area (Å²) in [5, 5.41) is 39.0. The van der Waals surface area contributed by atoms with E-state index in [4.69, 9.17) is 92.5 Å². The van der Waals surface area contributed by atoms with Crippen molar-refractivity contribution in [3.8, 4) is 0 Å². The second-order valence-corrected chi connectivity index (χ2v) is 53.7. The molecule has 0 bridgehead atoms. The zero-order valence-corrected chi connectivity index (χ0v) is 77.8. The number of anilines is 2. The van der Waals surface area contributed by atoms with Crippen LogP contribution in [0.2, 0.25) is 0 Å². The Balaban J connectivity index is 0.000000481. The van der Waals surface area contributed by atoms with E-state index in [-0.39, 0.29) is 63.5 Å². The summed E-state index contributed by atoms with van der Waals surface area (Å²) in [6.45, 7) is 24.7. The Hall–Kier alpha value is -0.460. The van der Waals surface area contributed by atoms with E-state index in [2.05, 4.69) is 33.5 Å². The second kappa shape index (κ2) is 67.3. The summed E-state index contributed by atoms with van der Waals surface area (Å²) in [4.78, 5) is 38.9. The van der Waals surface area contributed by atoms with Crippen molar-refractivity contribution in [3.05, 3.63) is 68.3 Å². The Labute approximate surface area is 698 Å². The fourth-order valence-corrected chi connectivity index (χ4v) is 45.2. The van der Waals surface area contributed by atoms with Crippen molar-refractivity contribution in [2.75, 3.05) is 89.2 Å². The highest BCUT2D eigenvalue weighted by atomic mass is 33.5. The van der Waals surface area contributed by atoms with E-state index < -0.39 is 81.4 Å². The van der Waals surface area contributed by atoms with E-state index in [0.717, 1.165) is 23.8 Å². The highest BCUT2D eigenvalue weighted by molar-refractivity contribution is 8.76. The molecule has 0 radical (unpaired) electrons. The van der Waals surface area contributed by atoms with Gasteiger partial charge in [0, 0.05) is 189 Å². The predicted molar refractivity (Wildman–Crippen MR) is 474 cm³/mol. The first-order chi connectivity index (χ1) is 53.5. The topological polar surface area (TPSA) is 310 Å². The number of unbranched alkanes of at least 4 members (excludes halogenated alkanes) is 26. The molecule has 0 amide bonds. The first kappa shape index (κ1) is 104. The minimum Gasteiger partial charge on any atom is -0.387 e. The zero-order chi connectivity index (χ0) is 80.0. The van der Waals surface area contributed by atoms with E-state index in [1.807, 2.05) is 5.48 Å². The summed E-state index contributed by atoms with van der Waals surface area (Å²) < 4.78 is 87.8. The van der Waals surface area contributed by atoms with Crippen molar-refractivity contribution in [3.63, 3.8) is 0 Å². The third-order valence-corrected chi connectivity index (χ3v) is 47.9. The van der Waals surface area contributed by atoms with Gasteiger partial charge in [0.25, 0.3) is 0 Å². The van der Waals surface area contributed by atoms with Crippen LogP contribution in [0.25, 0.3) is 9.69 Å². The van der Waals surface area contributed by atoms with Crippen LogP contribution in [-0.2, 0) is 193 Å². The molecule has 0 spiro atoms. The quantitative estimate of drug-likeness (QED) is 0.0155. The lowest BCUT2D eigenvalue weighted by molar-refractivity contribution is -0.200. The maximum Gasteiger partial charge on any atom is 0.351 e. The molecule has 3 fully saturated rings. The van der Waals surface area contributed by atoms with Crippen LogP contribution in [-0.4, -0.2) is 160 Å². The molecule has 5 heterocycles. The van der Waals surface area contributed by atoms with Gasteiger partial charge in [0.2, 0.25) is 13.1 Å². The molecule has 26 nitrogen and oxygen atoms in total. The smallest absolute Gasteiger partial charge is 0.351 e. The van der Waals surface area contributed by atoms with Crippen molar-refractivity contribution < 1.29 is 76.3 Å².